The lowest BCUT2D eigenvalue weighted by molar-refractivity contribution is -0.150. The zero-order chi connectivity index (χ0) is 11.6. The van der Waals surface area contributed by atoms with Crippen LogP contribution in [0.2, 0.25) is 0 Å². The number of aliphatic hydroxyl groups is 1. The van der Waals surface area contributed by atoms with Gasteiger partial charge in [-0.15, -0.1) is 0 Å². The number of carbonyl (C=O) groups is 2. The molecule has 0 saturated heterocycles. The molecule has 0 aliphatic rings. The highest BCUT2D eigenvalue weighted by atomic mass is 127. The number of nitrogens with two attached hydrogens (primary N) is 2. The Bertz CT molecular complexity index is 406. The van der Waals surface area contributed by atoms with Crippen molar-refractivity contribution in [1.82, 2.24) is 0 Å². The fourth-order valence-corrected chi connectivity index (χ4v) is 1.66. The zero-order valence-corrected chi connectivity index (χ0v) is 9.76. The molecular formula is C9H9IN2O3. The van der Waals surface area contributed by atoms with E-state index in [0.717, 1.165) is 3.57 Å². The molecule has 0 heterocycles. The maximum Gasteiger partial charge on any atom is 0.264 e. The maximum atomic E-state index is 11.0. The van der Waals surface area contributed by atoms with Crippen molar-refractivity contribution < 1.29 is 14.7 Å². The molecule has 1 aromatic carbocycles. The molecule has 1 aromatic rings. The smallest absolute Gasteiger partial charge is 0.264 e. The van der Waals surface area contributed by atoms with Crippen LogP contribution >= 0.6 is 22.6 Å². The number of benzene rings is 1. The van der Waals surface area contributed by atoms with Crippen molar-refractivity contribution in [3.63, 3.8) is 0 Å². The summed E-state index contributed by atoms with van der Waals surface area (Å²) in [5.41, 5.74) is 7.56. The molecule has 2 amide bonds. The first-order valence-electron chi connectivity index (χ1n) is 3.97. The van der Waals surface area contributed by atoms with Crippen molar-refractivity contribution in [3.8, 4) is 0 Å². The molecule has 5 nitrogen and oxygen atoms in total. The molecule has 0 spiro atoms. The van der Waals surface area contributed by atoms with E-state index in [9.17, 15) is 14.7 Å². The Hall–Kier alpha value is -1.15. The minimum atomic E-state index is -2.44. The van der Waals surface area contributed by atoms with E-state index in [1.54, 1.807) is 12.1 Å². The minimum Gasteiger partial charge on any atom is -0.368 e. The molecule has 0 unspecified atom stereocenters. The molecule has 15 heavy (non-hydrogen) atoms. The lowest BCUT2D eigenvalue weighted by Crippen LogP contribution is -2.51. The molecule has 6 heteroatoms. The molecule has 0 aliphatic heterocycles. The number of amides is 2. The summed E-state index contributed by atoms with van der Waals surface area (Å²) in [5.74, 6) is -2.37. The summed E-state index contributed by atoms with van der Waals surface area (Å²) in [4.78, 5) is 22.1. The molecule has 80 valence electrons. The Labute approximate surface area is 99.6 Å². The lowest BCUT2D eigenvalue weighted by Gasteiger charge is -2.21. The van der Waals surface area contributed by atoms with Crippen LogP contribution in [0.1, 0.15) is 5.56 Å². The maximum absolute atomic E-state index is 11.0. The fourth-order valence-electron chi connectivity index (χ4n) is 1.12. The van der Waals surface area contributed by atoms with Crippen LogP contribution < -0.4 is 11.5 Å². The van der Waals surface area contributed by atoms with E-state index in [1.165, 1.54) is 12.1 Å². The van der Waals surface area contributed by atoms with Gasteiger partial charge in [0, 0.05) is 9.13 Å². The Balaban J connectivity index is 3.34. The van der Waals surface area contributed by atoms with Gasteiger partial charge in [0.05, 0.1) is 0 Å². The summed E-state index contributed by atoms with van der Waals surface area (Å²) in [7, 11) is 0. The van der Waals surface area contributed by atoms with Crippen molar-refractivity contribution in [1.29, 1.82) is 0 Å². The quantitative estimate of drug-likeness (QED) is 0.514. The van der Waals surface area contributed by atoms with Crippen LogP contribution in [0.25, 0.3) is 0 Å². The number of hydrogen-bond acceptors (Lipinski definition) is 3. The first-order chi connectivity index (χ1) is 6.89. The molecule has 0 fully saturated rings. The van der Waals surface area contributed by atoms with Gasteiger partial charge in [0.15, 0.2) is 0 Å². The zero-order valence-electron chi connectivity index (χ0n) is 7.61. The second-order valence-corrected chi connectivity index (χ2v) is 4.19. The fraction of sp³-hybridized carbons (Fsp3) is 0.111. The van der Waals surface area contributed by atoms with Crippen LogP contribution in [0.3, 0.4) is 0 Å². The van der Waals surface area contributed by atoms with Crippen LogP contribution in [0.15, 0.2) is 24.3 Å². The Morgan fingerprint density at radius 3 is 2.20 bits per heavy atom. The van der Waals surface area contributed by atoms with Crippen molar-refractivity contribution in [3.05, 3.63) is 33.4 Å². The molecule has 1 rings (SSSR count). The van der Waals surface area contributed by atoms with Gasteiger partial charge >= 0.3 is 0 Å². The monoisotopic (exact) mass is 320 g/mol. The summed E-state index contributed by atoms with van der Waals surface area (Å²) in [5, 5.41) is 9.81. The Morgan fingerprint density at radius 1 is 1.27 bits per heavy atom. The standard InChI is InChI=1S/C9H9IN2O3/c10-6-3-1-2-5(4-6)9(15,7(11)13)8(12)14/h1-4,15H,(H2,11,13)(H2,12,14). The van der Waals surface area contributed by atoms with Crippen molar-refractivity contribution in [2.75, 3.05) is 0 Å². The van der Waals surface area contributed by atoms with E-state index >= 15 is 0 Å². The molecule has 0 aliphatic carbocycles. The number of carbonyl (C=O) groups excluding carboxylic acids is 2. The van der Waals surface area contributed by atoms with Crippen molar-refractivity contribution >= 4 is 34.4 Å². The Morgan fingerprint density at radius 2 is 1.80 bits per heavy atom. The van der Waals surface area contributed by atoms with Crippen LogP contribution in [0.4, 0.5) is 0 Å². The predicted octanol–water partition coefficient (Wildman–Crippen LogP) is -0.551. The van der Waals surface area contributed by atoms with Crippen molar-refractivity contribution in [2.45, 2.75) is 5.60 Å². The lowest BCUT2D eigenvalue weighted by atomic mass is 9.92. The minimum absolute atomic E-state index is 0.0781. The van der Waals surface area contributed by atoms with Gasteiger partial charge in [0.1, 0.15) is 0 Å². The average molecular weight is 320 g/mol. The summed E-state index contributed by atoms with van der Waals surface area (Å²) in [6, 6.07) is 6.22. The Kier molecular flexibility index (Phi) is 3.30. The predicted molar refractivity (Wildman–Crippen MR) is 61.4 cm³/mol. The van der Waals surface area contributed by atoms with Gasteiger partial charge in [-0.1, -0.05) is 12.1 Å². The van der Waals surface area contributed by atoms with Crippen LogP contribution in [0.5, 0.6) is 0 Å². The number of rotatable bonds is 3. The number of halogens is 1. The highest BCUT2D eigenvalue weighted by Gasteiger charge is 2.42. The van der Waals surface area contributed by atoms with Gasteiger partial charge in [-0.25, -0.2) is 0 Å². The van der Waals surface area contributed by atoms with Crippen LogP contribution in [-0.2, 0) is 15.2 Å². The van der Waals surface area contributed by atoms with E-state index in [0.29, 0.717) is 0 Å². The second kappa shape index (κ2) is 4.15. The van der Waals surface area contributed by atoms with Gasteiger partial charge in [-0.05, 0) is 34.7 Å². The van der Waals surface area contributed by atoms with Crippen molar-refractivity contribution in [2.24, 2.45) is 11.5 Å². The third-order valence-corrected chi connectivity index (χ3v) is 2.63. The molecule has 0 aromatic heterocycles. The van der Waals surface area contributed by atoms with E-state index in [4.69, 9.17) is 11.5 Å². The highest BCUT2D eigenvalue weighted by Crippen LogP contribution is 2.22. The largest absolute Gasteiger partial charge is 0.368 e. The van der Waals surface area contributed by atoms with E-state index < -0.39 is 17.4 Å². The topological polar surface area (TPSA) is 106 Å². The van der Waals surface area contributed by atoms with Gasteiger partial charge in [-0.2, -0.15) is 0 Å². The molecule has 0 atom stereocenters. The van der Waals surface area contributed by atoms with Gasteiger partial charge in [0.2, 0.25) is 5.60 Å². The number of hydrogen-bond donors (Lipinski definition) is 3. The SMILES string of the molecule is NC(=O)C(O)(C(N)=O)c1cccc(I)c1. The third-order valence-electron chi connectivity index (χ3n) is 1.96. The third kappa shape index (κ3) is 2.10. The van der Waals surface area contributed by atoms with E-state index in [2.05, 4.69) is 0 Å². The molecule has 5 N–H and O–H groups in total. The highest BCUT2D eigenvalue weighted by molar-refractivity contribution is 14.1. The molecule has 0 saturated carbocycles. The summed E-state index contributed by atoms with van der Waals surface area (Å²) in [6.07, 6.45) is 0. The molecular weight excluding hydrogens is 311 g/mol. The van der Waals surface area contributed by atoms with E-state index in [-0.39, 0.29) is 5.56 Å². The molecule has 0 bridgehead atoms. The second-order valence-electron chi connectivity index (χ2n) is 2.95. The average Bonchev–Trinajstić information content (AvgIpc) is 2.15. The van der Waals surface area contributed by atoms with Gasteiger partial charge in [-0.3, -0.25) is 9.59 Å². The summed E-state index contributed by atoms with van der Waals surface area (Å²) < 4.78 is 0.756. The van der Waals surface area contributed by atoms with Gasteiger partial charge in [0.25, 0.3) is 11.8 Å². The summed E-state index contributed by atoms with van der Waals surface area (Å²) in [6.45, 7) is 0. The molecule has 0 radical (unpaired) electrons. The van der Waals surface area contributed by atoms with Crippen LogP contribution in [0, 0.1) is 3.57 Å². The number of primary amides is 2. The summed E-state index contributed by atoms with van der Waals surface area (Å²) >= 11 is 1.98. The normalized spacial score (nSPS) is 11.1. The van der Waals surface area contributed by atoms with Gasteiger partial charge < -0.3 is 16.6 Å². The van der Waals surface area contributed by atoms with Crippen LogP contribution in [-0.4, -0.2) is 16.9 Å². The first kappa shape index (κ1) is 11.9. The first-order valence-corrected chi connectivity index (χ1v) is 5.05. The van der Waals surface area contributed by atoms with E-state index in [1.807, 2.05) is 22.6 Å².